The molecule has 2 aromatic rings. The maximum absolute atomic E-state index is 9.74. The van der Waals surface area contributed by atoms with Crippen molar-refractivity contribution in [3.8, 4) is 11.5 Å². The van der Waals surface area contributed by atoms with Crippen LogP contribution >= 0.6 is 0 Å². The third kappa shape index (κ3) is 22.4. The van der Waals surface area contributed by atoms with Crippen molar-refractivity contribution >= 4 is 6.08 Å². The molecule has 42 heavy (non-hydrogen) atoms. The Kier molecular flexibility index (Phi) is 26.0. The summed E-state index contributed by atoms with van der Waals surface area (Å²) in [7, 11) is 0. The van der Waals surface area contributed by atoms with E-state index in [4.69, 9.17) is 0 Å². The summed E-state index contributed by atoms with van der Waals surface area (Å²) in [6, 6.07) is 15.2. The number of rotatable bonds is 25. The Balaban J connectivity index is 0.000000452. The van der Waals surface area contributed by atoms with Gasteiger partial charge in [0.25, 0.3) is 0 Å². The maximum atomic E-state index is 9.74. The van der Waals surface area contributed by atoms with Crippen LogP contribution in [0.25, 0.3) is 6.08 Å². The number of hydrogen-bond acceptors (Lipinski definition) is 2. The molecule has 2 aromatic carbocycles. The number of phenolic OH excluding ortho intramolecular Hbond substituents is 2. The molecule has 0 saturated heterocycles. The van der Waals surface area contributed by atoms with Crippen molar-refractivity contribution in [2.45, 2.75) is 168 Å². The summed E-state index contributed by atoms with van der Waals surface area (Å²) in [5.41, 5.74) is 2.02. The number of aryl methyl sites for hydroxylation is 1. The monoisotopic (exact) mass is 579 g/mol. The predicted molar refractivity (Wildman–Crippen MR) is 186 cm³/mol. The van der Waals surface area contributed by atoms with Crippen molar-refractivity contribution in [3.05, 3.63) is 65.7 Å². The molecule has 0 aliphatic heterocycles. The van der Waals surface area contributed by atoms with Crippen LogP contribution < -0.4 is 0 Å². The molecule has 0 fully saturated rings. The maximum Gasteiger partial charge on any atom is 0.122 e. The highest BCUT2D eigenvalue weighted by Gasteiger charge is 1.99. The lowest BCUT2D eigenvalue weighted by atomic mass is 10.0. The summed E-state index contributed by atoms with van der Waals surface area (Å²) in [6.07, 6.45) is 36.8. The number of phenols is 2. The summed E-state index contributed by atoms with van der Waals surface area (Å²) in [5.74, 6) is 0.829. The highest BCUT2D eigenvalue weighted by atomic mass is 16.3. The van der Waals surface area contributed by atoms with Gasteiger partial charge in [0.05, 0.1) is 0 Å². The molecule has 0 aromatic heterocycles. The van der Waals surface area contributed by atoms with E-state index in [1.165, 1.54) is 141 Å². The number of hydrogen-bond donors (Lipinski definition) is 2. The highest BCUT2D eigenvalue weighted by molar-refractivity contribution is 5.56. The predicted octanol–water partition coefficient (Wildman–Crippen LogP) is 13.4. The first-order valence-corrected chi connectivity index (χ1v) is 17.9. The fourth-order valence-corrected chi connectivity index (χ4v) is 5.47. The van der Waals surface area contributed by atoms with E-state index >= 15 is 0 Å². The summed E-state index contributed by atoms with van der Waals surface area (Å²) < 4.78 is 0. The molecule has 0 bridgehead atoms. The molecule has 0 saturated carbocycles. The zero-order chi connectivity index (χ0) is 30.4. The number of benzene rings is 2. The van der Waals surface area contributed by atoms with Gasteiger partial charge in [-0.25, -0.2) is 0 Å². The van der Waals surface area contributed by atoms with Gasteiger partial charge in [-0.05, 0) is 43.4 Å². The van der Waals surface area contributed by atoms with Crippen molar-refractivity contribution in [2.24, 2.45) is 0 Å². The molecule has 0 heterocycles. The first kappa shape index (κ1) is 37.8. The first-order valence-electron chi connectivity index (χ1n) is 17.9. The summed E-state index contributed by atoms with van der Waals surface area (Å²) in [6.45, 7) is 4.53. The standard InChI is InChI=1S/C24H42O.C16H24O/c1-2-3-4-5-6-7-8-9-10-11-12-13-14-15-16-17-20-23-21-18-19-22-24(23)25;1-2-3-4-5-6-7-8-9-12-15-13-10-11-14-16(15)17/h18-19,21-22,25H,2-17,20H2,1H3;9-14,17H,2-8H2,1H3. The van der Waals surface area contributed by atoms with Gasteiger partial charge >= 0.3 is 0 Å². The van der Waals surface area contributed by atoms with E-state index in [1.807, 2.05) is 42.5 Å². The third-order valence-corrected chi connectivity index (χ3v) is 8.25. The molecule has 0 aliphatic rings. The fraction of sp³-hybridized carbons (Fsp3) is 0.650. The second-order valence-corrected chi connectivity index (χ2v) is 12.2. The summed E-state index contributed by atoms with van der Waals surface area (Å²) >= 11 is 0. The van der Waals surface area contributed by atoms with Crippen molar-refractivity contribution < 1.29 is 10.2 Å². The average Bonchev–Trinajstić information content (AvgIpc) is 3.00. The fourth-order valence-electron chi connectivity index (χ4n) is 5.47. The number of aromatic hydroxyl groups is 2. The third-order valence-electron chi connectivity index (χ3n) is 8.25. The van der Waals surface area contributed by atoms with E-state index in [-0.39, 0.29) is 0 Å². The minimum absolute atomic E-state index is 0.367. The molecule has 0 amide bonds. The minimum atomic E-state index is 0.367. The quantitative estimate of drug-likeness (QED) is 0.115. The highest BCUT2D eigenvalue weighted by Crippen LogP contribution is 2.20. The number of unbranched alkanes of at least 4 members (excludes halogenated alkanes) is 21. The Hall–Kier alpha value is -2.22. The lowest BCUT2D eigenvalue weighted by Gasteiger charge is -2.05. The second-order valence-electron chi connectivity index (χ2n) is 12.2. The average molecular weight is 579 g/mol. The normalized spacial score (nSPS) is 11.1. The lowest BCUT2D eigenvalue weighted by Crippen LogP contribution is -1.87. The number of allylic oxidation sites excluding steroid dienone is 1. The molecule has 0 aliphatic carbocycles. The van der Waals surface area contributed by atoms with E-state index in [9.17, 15) is 10.2 Å². The van der Waals surface area contributed by atoms with Gasteiger partial charge in [0.15, 0.2) is 0 Å². The summed E-state index contributed by atoms with van der Waals surface area (Å²) in [5, 5.41) is 19.3. The molecule has 2 N–H and O–H groups in total. The molecule has 0 spiro atoms. The van der Waals surface area contributed by atoms with Crippen LogP contribution in [0.15, 0.2) is 54.6 Å². The van der Waals surface area contributed by atoms with Gasteiger partial charge in [-0.15, -0.1) is 0 Å². The molecule has 0 unspecified atom stereocenters. The molecule has 2 nitrogen and oxygen atoms in total. The number of para-hydroxylation sites is 2. The Morgan fingerprint density at radius 1 is 0.452 bits per heavy atom. The van der Waals surface area contributed by atoms with Gasteiger partial charge in [0.1, 0.15) is 11.5 Å². The molecule has 2 heteroatoms. The van der Waals surface area contributed by atoms with Gasteiger partial charge in [-0.1, -0.05) is 191 Å². The molecule has 2 rings (SSSR count). The van der Waals surface area contributed by atoms with Crippen LogP contribution in [0.2, 0.25) is 0 Å². The molecule has 238 valence electrons. The van der Waals surface area contributed by atoms with Crippen LogP contribution in [0.5, 0.6) is 11.5 Å². The lowest BCUT2D eigenvalue weighted by molar-refractivity contribution is 0.465. The zero-order valence-corrected chi connectivity index (χ0v) is 27.6. The van der Waals surface area contributed by atoms with Gasteiger partial charge in [0, 0.05) is 5.56 Å². The Bertz CT molecular complexity index is 871. The zero-order valence-electron chi connectivity index (χ0n) is 27.6. The van der Waals surface area contributed by atoms with E-state index in [2.05, 4.69) is 19.9 Å². The van der Waals surface area contributed by atoms with Crippen LogP contribution in [-0.4, -0.2) is 10.2 Å². The molecule has 0 atom stereocenters. The van der Waals surface area contributed by atoms with Gasteiger partial charge < -0.3 is 10.2 Å². The van der Waals surface area contributed by atoms with E-state index in [0.29, 0.717) is 11.5 Å². The van der Waals surface area contributed by atoms with Gasteiger partial charge in [0.2, 0.25) is 0 Å². The molecular weight excluding hydrogens is 512 g/mol. The first-order chi connectivity index (χ1) is 20.7. The van der Waals surface area contributed by atoms with Gasteiger partial charge in [-0.2, -0.15) is 0 Å². The topological polar surface area (TPSA) is 40.5 Å². The van der Waals surface area contributed by atoms with Crippen LogP contribution in [0, 0.1) is 0 Å². The van der Waals surface area contributed by atoms with Crippen LogP contribution in [-0.2, 0) is 6.42 Å². The van der Waals surface area contributed by atoms with Crippen LogP contribution in [0.3, 0.4) is 0 Å². The van der Waals surface area contributed by atoms with Crippen molar-refractivity contribution in [3.63, 3.8) is 0 Å². The van der Waals surface area contributed by atoms with E-state index in [1.54, 1.807) is 12.1 Å². The Morgan fingerprint density at radius 2 is 0.857 bits per heavy atom. The summed E-state index contributed by atoms with van der Waals surface area (Å²) in [4.78, 5) is 0. The van der Waals surface area contributed by atoms with Crippen molar-refractivity contribution in [1.29, 1.82) is 0 Å². The van der Waals surface area contributed by atoms with Crippen LogP contribution in [0.4, 0.5) is 0 Å². The van der Waals surface area contributed by atoms with E-state index < -0.39 is 0 Å². The minimum Gasteiger partial charge on any atom is -0.508 e. The molecule has 0 radical (unpaired) electrons. The van der Waals surface area contributed by atoms with Crippen LogP contribution in [0.1, 0.15) is 173 Å². The van der Waals surface area contributed by atoms with Gasteiger partial charge in [-0.3, -0.25) is 0 Å². The van der Waals surface area contributed by atoms with Crippen molar-refractivity contribution in [1.82, 2.24) is 0 Å². The largest absolute Gasteiger partial charge is 0.508 e. The smallest absolute Gasteiger partial charge is 0.122 e. The Labute approximate surface area is 261 Å². The van der Waals surface area contributed by atoms with E-state index in [0.717, 1.165) is 24.0 Å². The van der Waals surface area contributed by atoms with Crippen molar-refractivity contribution in [2.75, 3.05) is 0 Å². The SMILES string of the molecule is CCCCCCCCC=Cc1ccccc1O.CCCCCCCCCCCCCCCCCCc1ccccc1O. The molecular formula is C40H66O2. The second kappa shape index (κ2) is 28.9. The Morgan fingerprint density at radius 3 is 1.33 bits per heavy atom.